The molecule has 0 amide bonds. The Morgan fingerprint density at radius 2 is 1.68 bits per heavy atom. The Balaban J connectivity index is 2.19. The van der Waals surface area contributed by atoms with Gasteiger partial charge in [-0.15, -0.1) is 0 Å². The van der Waals surface area contributed by atoms with Gasteiger partial charge in [0.1, 0.15) is 18.2 Å². The lowest BCUT2D eigenvalue weighted by Crippen LogP contribution is -2.03. The molecule has 2 aromatic carbocycles. The van der Waals surface area contributed by atoms with Crippen LogP contribution in [0.25, 0.3) is 0 Å². The number of rotatable bonds is 3. The lowest BCUT2D eigenvalue weighted by molar-refractivity contribution is 0.302. The number of hydrogen-bond donors (Lipinski definition) is 1. The molecule has 2 N–H and O–H groups in total. The van der Waals surface area contributed by atoms with E-state index in [0.29, 0.717) is 12.3 Å². The molecule has 0 saturated carbocycles. The molecular formula is C13H9FI3NO. The van der Waals surface area contributed by atoms with Crippen molar-refractivity contribution in [3.05, 3.63) is 52.4 Å². The highest BCUT2D eigenvalue weighted by Crippen LogP contribution is 2.30. The molecule has 2 nitrogen and oxygen atoms in total. The molecule has 0 heterocycles. The van der Waals surface area contributed by atoms with Crippen LogP contribution in [-0.4, -0.2) is 0 Å². The molecule has 0 aliphatic heterocycles. The molecule has 0 bridgehead atoms. The van der Waals surface area contributed by atoms with Crippen LogP contribution in [0.3, 0.4) is 0 Å². The van der Waals surface area contributed by atoms with E-state index in [0.717, 1.165) is 18.5 Å². The van der Waals surface area contributed by atoms with E-state index in [9.17, 15) is 4.39 Å². The molecule has 2 aromatic rings. The van der Waals surface area contributed by atoms with E-state index in [1.165, 1.54) is 15.7 Å². The van der Waals surface area contributed by atoms with Gasteiger partial charge in [-0.05, 0) is 92.0 Å². The number of hydrogen-bond acceptors (Lipinski definition) is 2. The Morgan fingerprint density at radius 1 is 1.05 bits per heavy atom. The van der Waals surface area contributed by atoms with Gasteiger partial charge in [0.2, 0.25) is 0 Å². The second-order valence-corrected chi connectivity index (χ2v) is 7.40. The van der Waals surface area contributed by atoms with E-state index in [1.54, 1.807) is 6.07 Å². The summed E-state index contributed by atoms with van der Waals surface area (Å²) in [6, 6.07) is 8.44. The maximum Gasteiger partial charge on any atom is 0.146 e. The summed E-state index contributed by atoms with van der Waals surface area (Å²) in [6.45, 7) is 0.332. The lowest BCUT2D eigenvalue weighted by Gasteiger charge is -2.12. The second-order valence-electron chi connectivity index (χ2n) is 3.83. The van der Waals surface area contributed by atoms with Gasteiger partial charge in [-0.3, -0.25) is 0 Å². The van der Waals surface area contributed by atoms with Crippen molar-refractivity contribution in [2.45, 2.75) is 6.61 Å². The van der Waals surface area contributed by atoms with Crippen LogP contribution in [0.1, 0.15) is 5.56 Å². The summed E-state index contributed by atoms with van der Waals surface area (Å²) in [7, 11) is 0. The molecule has 0 atom stereocenters. The van der Waals surface area contributed by atoms with E-state index < -0.39 is 0 Å². The van der Waals surface area contributed by atoms with Crippen LogP contribution in [0.2, 0.25) is 0 Å². The van der Waals surface area contributed by atoms with Gasteiger partial charge in [0.15, 0.2) is 0 Å². The number of nitrogen functional groups attached to an aromatic ring is 1. The highest BCUT2D eigenvalue weighted by molar-refractivity contribution is 14.1. The first-order valence-corrected chi connectivity index (χ1v) is 8.52. The quantitative estimate of drug-likeness (QED) is 0.410. The van der Waals surface area contributed by atoms with Gasteiger partial charge in [0.25, 0.3) is 0 Å². The molecule has 6 heteroatoms. The van der Waals surface area contributed by atoms with Crippen molar-refractivity contribution >= 4 is 73.5 Å². The number of ether oxygens (including phenoxy) is 1. The lowest BCUT2D eigenvalue weighted by atomic mass is 10.2. The smallest absolute Gasteiger partial charge is 0.146 e. The minimum atomic E-state index is -0.334. The Kier molecular flexibility index (Phi) is 5.52. The fraction of sp³-hybridized carbons (Fsp3) is 0.0769. The predicted molar refractivity (Wildman–Crippen MR) is 99.7 cm³/mol. The van der Waals surface area contributed by atoms with Crippen LogP contribution in [0, 0.1) is 16.5 Å². The first-order chi connectivity index (χ1) is 8.97. The van der Waals surface area contributed by atoms with Crippen LogP contribution in [0.5, 0.6) is 5.75 Å². The second kappa shape index (κ2) is 6.74. The van der Waals surface area contributed by atoms with Crippen molar-refractivity contribution in [2.24, 2.45) is 0 Å². The minimum Gasteiger partial charge on any atom is -0.487 e. The summed E-state index contributed by atoms with van der Waals surface area (Å²) in [4.78, 5) is 0. The fourth-order valence-corrected chi connectivity index (χ4v) is 5.41. The van der Waals surface area contributed by atoms with E-state index in [1.807, 2.05) is 12.1 Å². The summed E-state index contributed by atoms with van der Waals surface area (Å²) in [5.74, 6) is 0.505. The Hall–Kier alpha value is 0.160. The monoisotopic (exact) mass is 595 g/mol. The molecule has 0 saturated heterocycles. The summed E-state index contributed by atoms with van der Waals surface area (Å²) in [5.41, 5.74) is 6.96. The van der Waals surface area contributed by atoms with Gasteiger partial charge in [0, 0.05) is 14.8 Å². The molecule has 0 unspecified atom stereocenters. The molecule has 0 radical (unpaired) electrons. The van der Waals surface area contributed by atoms with E-state index in [2.05, 4.69) is 67.8 Å². The van der Waals surface area contributed by atoms with Crippen molar-refractivity contribution in [1.29, 1.82) is 0 Å². The largest absolute Gasteiger partial charge is 0.487 e. The Labute approximate surface area is 151 Å². The van der Waals surface area contributed by atoms with Crippen molar-refractivity contribution < 1.29 is 9.13 Å². The first kappa shape index (κ1) is 15.5. The molecule has 0 aromatic heterocycles. The molecule has 19 heavy (non-hydrogen) atoms. The summed E-state index contributed by atoms with van der Waals surface area (Å²) < 4.78 is 22.0. The first-order valence-electron chi connectivity index (χ1n) is 5.28. The molecule has 100 valence electrons. The maximum absolute atomic E-state index is 13.0. The SMILES string of the molecule is Nc1cc(F)ccc1COc1c(I)cc(I)cc1I. The molecule has 2 rings (SSSR count). The summed E-state index contributed by atoms with van der Waals surface area (Å²) in [6.07, 6.45) is 0. The minimum absolute atomic E-state index is 0.332. The maximum atomic E-state index is 13.0. The van der Waals surface area contributed by atoms with Gasteiger partial charge in [-0.2, -0.15) is 0 Å². The zero-order valence-corrected chi connectivity index (χ0v) is 16.1. The van der Waals surface area contributed by atoms with Crippen molar-refractivity contribution in [3.8, 4) is 5.75 Å². The Bertz CT molecular complexity index is 596. The van der Waals surface area contributed by atoms with Crippen LogP contribution in [0.15, 0.2) is 30.3 Å². The molecule has 0 spiro atoms. The Morgan fingerprint density at radius 3 is 2.26 bits per heavy atom. The van der Waals surface area contributed by atoms with Crippen molar-refractivity contribution in [1.82, 2.24) is 0 Å². The fourth-order valence-electron chi connectivity index (χ4n) is 1.51. The average molecular weight is 595 g/mol. The third-order valence-electron chi connectivity index (χ3n) is 2.44. The van der Waals surface area contributed by atoms with Crippen molar-refractivity contribution in [2.75, 3.05) is 5.73 Å². The third kappa shape index (κ3) is 4.06. The van der Waals surface area contributed by atoms with Gasteiger partial charge in [-0.25, -0.2) is 4.39 Å². The predicted octanol–water partition coefficient (Wildman–Crippen LogP) is 4.80. The highest BCUT2D eigenvalue weighted by Gasteiger charge is 2.09. The van der Waals surface area contributed by atoms with Gasteiger partial charge in [0.05, 0.1) is 7.14 Å². The number of anilines is 1. The molecule has 0 aliphatic carbocycles. The number of halogens is 4. The van der Waals surface area contributed by atoms with Gasteiger partial charge in [-0.1, -0.05) is 6.07 Å². The normalized spacial score (nSPS) is 10.5. The highest BCUT2D eigenvalue weighted by atomic mass is 127. The number of nitrogens with two attached hydrogens (primary N) is 1. The van der Waals surface area contributed by atoms with Gasteiger partial charge < -0.3 is 10.5 Å². The standard InChI is InChI=1S/C13H9FI3NO/c14-8-2-1-7(12(18)3-8)6-19-13-10(16)4-9(15)5-11(13)17/h1-5H,6,18H2. The van der Waals surface area contributed by atoms with E-state index in [-0.39, 0.29) is 5.82 Å². The van der Waals surface area contributed by atoms with E-state index in [4.69, 9.17) is 10.5 Å². The topological polar surface area (TPSA) is 35.2 Å². The van der Waals surface area contributed by atoms with Crippen LogP contribution >= 0.6 is 67.8 Å². The summed E-state index contributed by atoms with van der Waals surface area (Å²) >= 11 is 6.75. The van der Waals surface area contributed by atoms with Crippen molar-refractivity contribution in [3.63, 3.8) is 0 Å². The zero-order valence-electron chi connectivity index (χ0n) is 9.59. The van der Waals surface area contributed by atoms with E-state index >= 15 is 0 Å². The molecular weight excluding hydrogens is 586 g/mol. The van der Waals surface area contributed by atoms with Crippen LogP contribution in [-0.2, 0) is 6.61 Å². The third-order valence-corrected chi connectivity index (χ3v) is 4.67. The molecule has 0 fully saturated rings. The van der Waals surface area contributed by atoms with Crippen LogP contribution in [0.4, 0.5) is 10.1 Å². The number of benzene rings is 2. The van der Waals surface area contributed by atoms with Gasteiger partial charge >= 0.3 is 0 Å². The average Bonchev–Trinajstić information content (AvgIpc) is 2.30. The van der Waals surface area contributed by atoms with Crippen LogP contribution < -0.4 is 10.5 Å². The summed E-state index contributed by atoms with van der Waals surface area (Å²) in [5, 5.41) is 0. The molecule has 0 aliphatic rings. The zero-order chi connectivity index (χ0) is 14.0.